The fourth-order valence-electron chi connectivity index (χ4n) is 3.72. The molecule has 1 aliphatic carbocycles. The molecule has 29 heavy (non-hydrogen) atoms. The van der Waals surface area contributed by atoms with Crippen molar-refractivity contribution in [2.24, 2.45) is 5.92 Å². The molecular formula is C23H35N3O3. The van der Waals surface area contributed by atoms with Crippen LogP contribution in [-0.4, -0.2) is 60.7 Å². The molecule has 1 unspecified atom stereocenters. The molecule has 1 aliphatic rings. The number of nitrogens with zero attached hydrogens (tertiary/aromatic N) is 3. The van der Waals surface area contributed by atoms with Crippen LogP contribution in [-0.2, 0) is 11.3 Å². The van der Waals surface area contributed by atoms with E-state index in [1.807, 2.05) is 25.1 Å². The summed E-state index contributed by atoms with van der Waals surface area (Å²) in [5.74, 6) is 1.57. The van der Waals surface area contributed by atoms with Crippen molar-refractivity contribution in [3.63, 3.8) is 0 Å². The molecule has 0 aliphatic heterocycles. The number of rotatable bonds is 13. The van der Waals surface area contributed by atoms with Gasteiger partial charge in [0.1, 0.15) is 5.69 Å². The molecule has 0 saturated heterocycles. The third-order valence-electron chi connectivity index (χ3n) is 5.44. The van der Waals surface area contributed by atoms with Gasteiger partial charge in [0, 0.05) is 44.9 Å². The monoisotopic (exact) mass is 401 g/mol. The van der Waals surface area contributed by atoms with Gasteiger partial charge in [-0.2, -0.15) is 0 Å². The van der Waals surface area contributed by atoms with Crippen molar-refractivity contribution in [1.82, 2.24) is 10.1 Å². The minimum Gasteiger partial charge on any atom is -0.389 e. The van der Waals surface area contributed by atoms with Gasteiger partial charge >= 0.3 is 0 Å². The van der Waals surface area contributed by atoms with E-state index in [0.717, 1.165) is 48.3 Å². The van der Waals surface area contributed by atoms with Crippen LogP contribution in [0.15, 0.2) is 34.9 Å². The van der Waals surface area contributed by atoms with Gasteiger partial charge in [-0.1, -0.05) is 35.5 Å². The summed E-state index contributed by atoms with van der Waals surface area (Å²) in [5, 5.41) is 14.9. The molecule has 6 nitrogen and oxygen atoms in total. The highest BCUT2D eigenvalue weighted by molar-refractivity contribution is 5.68. The Kier molecular flexibility index (Phi) is 8.09. The Bertz CT molecular complexity index is 726. The number of aromatic nitrogens is 1. The molecule has 0 radical (unpaired) electrons. The second kappa shape index (κ2) is 10.8. The Balaban J connectivity index is 1.87. The van der Waals surface area contributed by atoms with Crippen molar-refractivity contribution in [2.45, 2.75) is 46.3 Å². The van der Waals surface area contributed by atoms with Crippen LogP contribution in [0.2, 0.25) is 0 Å². The molecule has 1 aromatic carbocycles. The Morgan fingerprint density at radius 3 is 2.52 bits per heavy atom. The van der Waals surface area contributed by atoms with Crippen LogP contribution in [0.1, 0.15) is 39.2 Å². The van der Waals surface area contributed by atoms with E-state index in [2.05, 4.69) is 40.9 Å². The van der Waals surface area contributed by atoms with E-state index in [0.29, 0.717) is 26.3 Å². The molecule has 1 atom stereocenters. The highest BCUT2D eigenvalue weighted by Gasteiger charge is 2.29. The number of aliphatic hydroxyl groups excluding tert-OH is 1. The molecule has 0 bridgehead atoms. The first-order chi connectivity index (χ1) is 14.2. The first-order valence-corrected chi connectivity index (χ1v) is 10.9. The van der Waals surface area contributed by atoms with E-state index < -0.39 is 6.10 Å². The molecule has 6 heteroatoms. The number of hydrogen-bond acceptors (Lipinski definition) is 6. The summed E-state index contributed by atoms with van der Waals surface area (Å²) < 4.78 is 11.3. The number of aliphatic hydroxyl groups is 1. The van der Waals surface area contributed by atoms with Gasteiger partial charge in [0.25, 0.3) is 0 Å². The number of ether oxygens (including phenoxy) is 1. The Labute approximate surface area is 174 Å². The van der Waals surface area contributed by atoms with E-state index in [1.165, 1.54) is 12.8 Å². The number of benzene rings is 1. The highest BCUT2D eigenvalue weighted by atomic mass is 16.5. The van der Waals surface area contributed by atoms with Crippen LogP contribution >= 0.6 is 0 Å². The lowest BCUT2D eigenvalue weighted by molar-refractivity contribution is 0.0187. The fraction of sp³-hybridized carbons (Fsp3) is 0.609. The lowest BCUT2D eigenvalue weighted by Crippen LogP contribution is -2.36. The maximum atomic E-state index is 10.5. The summed E-state index contributed by atoms with van der Waals surface area (Å²) in [5.41, 5.74) is 3.06. The molecule has 1 heterocycles. The summed E-state index contributed by atoms with van der Waals surface area (Å²) in [4.78, 5) is 4.55. The number of hydrogen-bond donors (Lipinski definition) is 1. The molecule has 1 N–H and O–H groups in total. The van der Waals surface area contributed by atoms with Crippen molar-refractivity contribution in [1.29, 1.82) is 0 Å². The topological polar surface area (TPSA) is 62.0 Å². The van der Waals surface area contributed by atoms with Gasteiger partial charge in [-0.15, -0.1) is 0 Å². The molecule has 3 rings (SSSR count). The predicted octanol–water partition coefficient (Wildman–Crippen LogP) is 3.80. The first-order valence-electron chi connectivity index (χ1n) is 10.9. The van der Waals surface area contributed by atoms with Crippen molar-refractivity contribution >= 4 is 5.88 Å². The average molecular weight is 402 g/mol. The van der Waals surface area contributed by atoms with Gasteiger partial charge in [0.05, 0.1) is 18.3 Å². The second-order valence-corrected chi connectivity index (χ2v) is 7.80. The summed E-state index contributed by atoms with van der Waals surface area (Å²) in [6.07, 6.45) is 2.05. The van der Waals surface area contributed by atoms with Crippen LogP contribution < -0.4 is 4.90 Å². The molecule has 1 saturated carbocycles. The van der Waals surface area contributed by atoms with E-state index in [1.54, 1.807) is 0 Å². The quantitative estimate of drug-likeness (QED) is 0.551. The van der Waals surface area contributed by atoms with Crippen LogP contribution in [0.5, 0.6) is 0 Å². The smallest absolute Gasteiger partial charge is 0.232 e. The summed E-state index contributed by atoms with van der Waals surface area (Å²) >= 11 is 0. The molecular weight excluding hydrogens is 366 g/mol. The van der Waals surface area contributed by atoms with Gasteiger partial charge in [0.15, 0.2) is 0 Å². The third kappa shape index (κ3) is 6.04. The lowest BCUT2D eigenvalue weighted by Gasteiger charge is -2.26. The minimum atomic E-state index is -0.495. The van der Waals surface area contributed by atoms with Crippen molar-refractivity contribution in [3.8, 4) is 11.3 Å². The molecule has 2 aromatic rings. The summed E-state index contributed by atoms with van der Waals surface area (Å²) in [7, 11) is 0. The third-order valence-corrected chi connectivity index (χ3v) is 5.44. The van der Waals surface area contributed by atoms with Crippen molar-refractivity contribution < 1.29 is 14.4 Å². The van der Waals surface area contributed by atoms with Crippen molar-refractivity contribution in [2.75, 3.05) is 44.3 Å². The van der Waals surface area contributed by atoms with E-state index >= 15 is 0 Å². The maximum Gasteiger partial charge on any atom is 0.232 e. The number of anilines is 1. The SMILES string of the molecule is CCOCC(O)CN(Cc1c(-c2ccccc2)noc1N(CC)CC)CC1CC1. The largest absolute Gasteiger partial charge is 0.389 e. The van der Waals surface area contributed by atoms with E-state index in [9.17, 15) is 5.11 Å². The summed E-state index contributed by atoms with van der Waals surface area (Å²) in [6.45, 7) is 11.2. The van der Waals surface area contributed by atoms with E-state index in [-0.39, 0.29) is 0 Å². The zero-order valence-corrected chi connectivity index (χ0v) is 18.0. The van der Waals surface area contributed by atoms with Crippen LogP contribution in [0.25, 0.3) is 11.3 Å². The second-order valence-electron chi connectivity index (χ2n) is 7.80. The standard InChI is InChI=1S/C23H35N3O3/c1-4-26(5-2)23-21(22(24-29-23)19-10-8-7-9-11-19)16-25(14-18-12-13-18)15-20(27)17-28-6-3/h7-11,18,20,27H,4-6,12-17H2,1-3H3. The van der Waals surface area contributed by atoms with Gasteiger partial charge in [0.2, 0.25) is 5.88 Å². The summed E-state index contributed by atoms with van der Waals surface area (Å²) in [6, 6.07) is 10.2. The first kappa shape index (κ1) is 21.8. The van der Waals surface area contributed by atoms with Crippen molar-refractivity contribution in [3.05, 3.63) is 35.9 Å². The van der Waals surface area contributed by atoms with Crippen LogP contribution in [0.3, 0.4) is 0 Å². The van der Waals surface area contributed by atoms with Crippen LogP contribution in [0, 0.1) is 5.92 Å². The molecule has 160 valence electrons. The van der Waals surface area contributed by atoms with Gasteiger partial charge in [-0.05, 0) is 39.5 Å². The zero-order chi connectivity index (χ0) is 20.6. The predicted molar refractivity (Wildman–Crippen MR) is 116 cm³/mol. The molecule has 0 spiro atoms. The maximum absolute atomic E-state index is 10.5. The fourth-order valence-corrected chi connectivity index (χ4v) is 3.72. The zero-order valence-electron chi connectivity index (χ0n) is 18.0. The molecule has 1 aromatic heterocycles. The molecule has 0 amide bonds. The minimum absolute atomic E-state index is 0.371. The van der Waals surface area contributed by atoms with Gasteiger partial charge < -0.3 is 19.3 Å². The molecule has 1 fully saturated rings. The highest BCUT2D eigenvalue weighted by Crippen LogP contribution is 2.35. The lowest BCUT2D eigenvalue weighted by atomic mass is 10.1. The Morgan fingerprint density at radius 1 is 1.17 bits per heavy atom. The van der Waals surface area contributed by atoms with Crippen LogP contribution in [0.4, 0.5) is 5.88 Å². The Hall–Kier alpha value is -1.89. The Morgan fingerprint density at radius 2 is 1.90 bits per heavy atom. The average Bonchev–Trinajstić information content (AvgIpc) is 3.46. The van der Waals surface area contributed by atoms with Gasteiger partial charge in [-0.25, -0.2) is 0 Å². The van der Waals surface area contributed by atoms with E-state index in [4.69, 9.17) is 9.26 Å². The van der Waals surface area contributed by atoms with Gasteiger partial charge in [-0.3, -0.25) is 4.90 Å². The normalized spacial score (nSPS) is 15.1.